The number of benzene rings is 1. The third-order valence-electron chi connectivity index (χ3n) is 3.81. The van der Waals surface area contributed by atoms with Crippen molar-refractivity contribution in [2.75, 3.05) is 6.54 Å². The van der Waals surface area contributed by atoms with Crippen molar-refractivity contribution in [2.24, 2.45) is 0 Å². The second-order valence-corrected chi connectivity index (χ2v) is 6.56. The largest absolute Gasteiger partial charge is 0.332 e. The van der Waals surface area contributed by atoms with Crippen LogP contribution in [0.25, 0.3) is 10.2 Å². The second-order valence-electron chi connectivity index (χ2n) is 5.32. The third kappa shape index (κ3) is 2.13. The van der Waals surface area contributed by atoms with Crippen LogP contribution in [0.1, 0.15) is 16.3 Å². The van der Waals surface area contributed by atoms with E-state index in [1.807, 2.05) is 12.5 Å². The van der Waals surface area contributed by atoms with Gasteiger partial charge in [0.15, 0.2) is 0 Å². The fourth-order valence-corrected chi connectivity index (χ4v) is 3.71. The first-order chi connectivity index (χ1) is 9.78. The standard InChI is InChI=1S/C15H16N4S/c1-11-17-14-3-2-12(6-15(14)20-11)8-18-4-5-19-10-16-7-13(19)9-18/h2-3,6-7,10H,4-5,8-9H2,1H3. The summed E-state index contributed by atoms with van der Waals surface area (Å²) < 4.78 is 3.54. The molecule has 1 aliphatic heterocycles. The Labute approximate surface area is 121 Å². The summed E-state index contributed by atoms with van der Waals surface area (Å²) in [6.07, 6.45) is 3.90. The number of imidazole rings is 1. The molecule has 0 aliphatic carbocycles. The van der Waals surface area contributed by atoms with Crippen LogP contribution in [0.15, 0.2) is 30.7 Å². The van der Waals surface area contributed by atoms with E-state index < -0.39 is 0 Å². The molecule has 4 rings (SSSR count). The van der Waals surface area contributed by atoms with Gasteiger partial charge in [0, 0.05) is 32.4 Å². The van der Waals surface area contributed by atoms with Gasteiger partial charge in [-0.3, -0.25) is 4.90 Å². The molecule has 2 aromatic heterocycles. The number of hydrogen-bond donors (Lipinski definition) is 0. The average Bonchev–Trinajstić information content (AvgIpc) is 3.02. The van der Waals surface area contributed by atoms with E-state index in [0.717, 1.165) is 36.7 Å². The average molecular weight is 284 g/mol. The predicted molar refractivity (Wildman–Crippen MR) is 80.7 cm³/mol. The van der Waals surface area contributed by atoms with Gasteiger partial charge in [0.25, 0.3) is 0 Å². The molecular formula is C15H16N4S. The van der Waals surface area contributed by atoms with Crippen LogP contribution < -0.4 is 0 Å². The van der Waals surface area contributed by atoms with Crippen LogP contribution in [0.4, 0.5) is 0 Å². The quantitative estimate of drug-likeness (QED) is 0.725. The van der Waals surface area contributed by atoms with Gasteiger partial charge >= 0.3 is 0 Å². The lowest BCUT2D eigenvalue weighted by Gasteiger charge is -2.27. The monoisotopic (exact) mass is 284 g/mol. The maximum absolute atomic E-state index is 4.52. The lowest BCUT2D eigenvalue weighted by Crippen LogP contribution is -2.32. The topological polar surface area (TPSA) is 34.0 Å². The summed E-state index contributed by atoms with van der Waals surface area (Å²) in [7, 11) is 0. The Balaban J connectivity index is 1.56. The molecule has 20 heavy (non-hydrogen) atoms. The Bertz CT molecular complexity index is 758. The van der Waals surface area contributed by atoms with Crippen molar-refractivity contribution in [3.8, 4) is 0 Å². The van der Waals surface area contributed by atoms with E-state index in [2.05, 4.69) is 44.6 Å². The molecule has 0 fully saturated rings. The van der Waals surface area contributed by atoms with Crippen LogP contribution in [0.3, 0.4) is 0 Å². The Hall–Kier alpha value is -1.72. The van der Waals surface area contributed by atoms with E-state index in [-0.39, 0.29) is 0 Å². The summed E-state index contributed by atoms with van der Waals surface area (Å²) in [6, 6.07) is 6.63. The highest BCUT2D eigenvalue weighted by atomic mass is 32.1. The Morgan fingerprint density at radius 1 is 1.30 bits per heavy atom. The third-order valence-corrected chi connectivity index (χ3v) is 4.74. The fourth-order valence-electron chi connectivity index (χ4n) is 2.81. The molecule has 3 aromatic rings. The lowest BCUT2D eigenvalue weighted by atomic mass is 10.2. The summed E-state index contributed by atoms with van der Waals surface area (Å²) in [6.45, 7) is 6.17. The highest BCUT2D eigenvalue weighted by Gasteiger charge is 2.16. The van der Waals surface area contributed by atoms with Crippen LogP contribution in [-0.2, 0) is 19.6 Å². The molecule has 5 heteroatoms. The molecule has 3 heterocycles. The van der Waals surface area contributed by atoms with E-state index in [0.29, 0.717) is 0 Å². The Morgan fingerprint density at radius 3 is 3.20 bits per heavy atom. The molecule has 4 nitrogen and oxygen atoms in total. The molecule has 0 unspecified atom stereocenters. The summed E-state index contributed by atoms with van der Waals surface area (Å²) in [5.41, 5.74) is 3.80. The van der Waals surface area contributed by atoms with Gasteiger partial charge in [-0.25, -0.2) is 9.97 Å². The fraction of sp³-hybridized carbons (Fsp3) is 0.333. The number of aromatic nitrogens is 3. The van der Waals surface area contributed by atoms with Crippen molar-refractivity contribution >= 4 is 21.6 Å². The number of hydrogen-bond acceptors (Lipinski definition) is 4. The van der Waals surface area contributed by atoms with Gasteiger partial charge in [-0.2, -0.15) is 0 Å². The summed E-state index contributed by atoms with van der Waals surface area (Å²) in [5, 5.41) is 1.14. The normalized spacial score (nSPS) is 15.7. The molecule has 102 valence electrons. The van der Waals surface area contributed by atoms with Crippen molar-refractivity contribution in [2.45, 2.75) is 26.6 Å². The number of fused-ring (bicyclic) bond motifs is 2. The first kappa shape index (κ1) is 12.1. The molecule has 0 atom stereocenters. The summed E-state index contributed by atoms with van der Waals surface area (Å²) >= 11 is 1.77. The minimum atomic E-state index is 0.986. The summed E-state index contributed by atoms with van der Waals surface area (Å²) in [4.78, 5) is 11.2. The first-order valence-corrected chi connectivity index (χ1v) is 7.67. The molecular weight excluding hydrogens is 268 g/mol. The number of rotatable bonds is 2. The van der Waals surface area contributed by atoms with E-state index in [1.165, 1.54) is 16.0 Å². The maximum Gasteiger partial charge on any atom is 0.0949 e. The van der Waals surface area contributed by atoms with E-state index in [1.54, 1.807) is 11.3 Å². The lowest BCUT2D eigenvalue weighted by molar-refractivity contribution is 0.213. The van der Waals surface area contributed by atoms with E-state index >= 15 is 0 Å². The zero-order chi connectivity index (χ0) is 13.5. The molecule has 0 amide bonds. The smallest absolute Gasteiger partial charge is 0.0949 e. The van der Waals surface area contributed by atoms with Crippen molar-refractivity contribution in [1.82, 2.24) is 19.4 Å². The van der Waals surface area contributed by atoms with Crippen molar-refractivity contribution < 1.29 is 0 Å². The molecule has 0 bridgehead atoms. The van der Waals surface area contributed by atoms with E-state index in [4.69, 9.17) is 0 Å². The highest BCUT2D eigenvalue weighted by molar-refractivity contribution is 7.18. The minimum absolute atomic E-state index is 0.986. The van der Waals surface area contributed by atoms with Crippen molar-refractivity contribution in [3.05, 3.63) is 47.0 Å². The molecule has 1 aliphatic rings. The number of thiazole rings is 1. The number of aryl methyl sites for hydroxylation is 1. The molecule has 1 aromatic carbocycles. The second kappa shape index (κ2) is 4.68. The van der Waals surface area contributed by atoms with Crippen LogP contribution in [0.2, 0.25) is 0 Å². The SMILES string of the molecule is Cc1nc2ccc(CN3CCn4cncc4C3)cc2s1. The zero-order valence-corrected chi connectivity index (χ0v) is 12.2. The zero-order valence-electron chi connectivity index (χ0n) is 11.4. The van der Waals surface area contributed by atoms with Crippen LogP contribution in [0, 0.1) is 6.92 Å². The Morgan fingerprint density at radius 2 is 2.25 bits per heavy atom. The van der Waals surface area contributed by atoms with Gasteiger partial charge in [0.2, 0.25) is 0 Å². The van der Waals surface area contributed by atoms with Gasteiger partial charge in [-0.05, 0) is 24.6 Å². The maximum atomic E-state index is 4.52. The highest BCUT2D eigenvalue weighted by Crippen LogP contribution is 2.24. The molecule has 0 N–H and O–H groups in total. The molecule has 0 spiro atoms. The van der Waals surface area contributed by atoms with Crippen LogP contribution in [-0.4, -0.2) is 26.0 Å². The first-order valence-electron chi connectivity index (χ1n) is 6.85. The number of nitrogens with zero attached hydrogens (tertiary/aromatic N) is 4. The summed E-state index contributed by atoms with van der Waals surface area (Å²) in [5.74, 6) is 0. The van der Waals surface area contributed by atoms with E-state index in [9.17, 15) is 0 Å². The van der Waals surface area contributed by atoms with Gasteiger partial charge in [0.1, 0.15) is 0 Å². The van der Waals surface area contributed by atoms with Gasteiger partial charge < -0.3 is 4.57 Å². The van der Waals surface area contributed by atoms with Gasteiger partial charge in [-0.1, -0.05) is 6.07 Å². The van der Waals surface area contributed by atoms with Crippen molar-refractivity contribution in [3.63, 3.8) is 0 Å². The van der Waals surface area contributed by atoms with Crippen molar-refractivity contribution in [1.29, 1.82) is 0 Å². The Kier molecular flexibility index (Phi) is 2.82. The minimum Gasteiger partial charge on any atom is -0.332 e. The molecule has 0 saturated carbocycles. The van der Waals surface area contributed by atoms with Gasteiger partial charge in [-0.15, -0.1) is 11.3 Å². The van der Waals surface area contributed by atoms with Gasteiger partial charge in [0.05, 0.1) is 27.2 Å². The van der Waals surface area contributed by atoms with Crippen LogP contribution in [0.5, 0.6) is 0 Å². The molecule has 0 saturated heterocycles. The molecule has 0 radical (unpaired) electrons. The van der Waals surface area contributed by atoms with Crippen LogP contribution >= 0.6 is 11.3 Å². The predicted octanol–water partition coefficient (Wildman–Crippen LogP) is 2.82.